The molecule has 1 aliphatic carbocycles. The van der Waals surface area contributed by atoms with Crippen molar-refractivity contribution < 1.29 is 4.74 Å². The summed E-state index contributed by atoms with van der Waals surface area (Å²) in [6.07, 6.45) is 7.03. The molecular formula is C13H18ClNO. The Labute approximate surface area is 102 Å². The van der Waals surface area contributed by atoms with Crippen molar-refractivity contribution in [3.63, 3.8) is 0 Å². The van der Waals surface area contributed by atoms with Crippen LogP contribution in [0.1, 0.15) is 38.3 Å². The van der Waals surface area contributed by atoms with E-state index in [1.54, 1.807) is 6.20 Å². The van der Waals surface area contributed by atoms with Gasteiger partial charge in [0.1, 0.15) is 5.75 Å². The van der Waals surface area contributed by atoms with Crippen LogP contribution in [0.2, 0.25) is 0 Å². The molecule has 2 nitrogen and oxygen atoms in total. The molecule has 0 bridgehead atoms. The lowest BCUT2D eigenvalue weighted by Gasteiger charge is -2.26. The third kappa shape index (κ3) is 3.11. The number of alkyl halides is 1. The molecule has 2 rings (SSSR count). The molecule has 0 spiro atoms. The Hall–Kier alpha value is -0.760. The van der Waals surface area contributed by atoms with E-state index in [9.17, 15) is 0 Å². The zero-order valence-electron chi connectivity index (χ0n) is 9.66. The summed E-state index contributed by atoms with van der Waals surface area (Å²) in [7, 11) is 0. The third-order valence-corrected chi connectivity index (χ3v) is 3.47. The molecule has 0 N–H and O–H groups in total. The molecule has 1 aromatic heterocycles. The van der Waals surface area contributed by atoms with Crippen molar-refractivity contribution in [3.05, 3.63) is 24.0 Å². The van der Waals surface area contributed by atoms with E-state index >= 15 is 0 Å². The maximum absolute atomic E-state index is 5.90. The van der Waals surface area contributed by atoms with E-state index in [0.717, 1.165) is 17.4 Å². The predicted octanol–water partition coefficient (Wildman–Crippen LogP) is 3.78. The minimum absolute atomic E-state index is 0.375. The second-order valence-corrected chi connectivity index (χ2v) is 4.89. The van der Waals surface area contributed by atoms with E-state index in [4.69, 9.17) is 16.3 Å². The lowest BCUT2D eigenvalue weighted by molar-refractivity contribution is 0.135. The number of nitrogens with zero attached hydrogens (tertiary/aromatic N) is 1. The summed E-state index contributed by atoms with van der Waals surface area (Å²) in [6, 6.07) is 3.89. The molecule has 1 heterocycles. The number of ether oxygens (including phenoxy) is 1. The van der Waals surface area contributed by atoms with Gasteiger partial charge >= 0.3 is 0 Å². The zero-order valence-corrected chi connectivity index (χ0v) is 10.4. The summed E-state index contributed by atoms with van der Waals surface area (Å²) < 4.78 is 5.90. The minimum atomic E-state index is 0.375. The quantitative estimate of drug-likeness (QED) is 0.749. The van der Waals surface area contributed by atoms with E-state index < -0.39 is 0 Å². The summed E-state index contributed by atoms with van der Waals surface area (Å²) >= 11 is 5.68. The Morgan fingerprint density at radius 2 is 2.06 bits per heavy atom. The van der Waals surface area contributed by atoms with Crippen molar-refractivity contribution in [1.29, 1.82) is 0 Å². The van der Waals surface area contributed by atoms with Gasteiger partial charge in [0.15, 0.2) is 0 Å². The molecule has 88 valence electrons. The number of aromatic nitrogens is 1. The number of pyridine rings is 1. The first-order valence-corrected chi connectivity index (χ1v) is 6.49. The Kier molecular flexibility index (Phi) is 4.05. The Morgan fingerprint density at radius 3 is 2.62 bits per heavy atom. The van der Waals surface area contributed by atoms with Crippen LogP contribution in [0, 0.1) is 5.92 Å². The molecule has 0 aromatic carbocycles. The van der Waals surface area contributed by atoms with Crippen molar-refractivity contribution in [1.82, 2.24) is 4.98 Å². The molecule has 3 heteroatoms. The van der Waals surface area contributed by atoms with Crippen molar-refractivity contribution in [2.24, 2.45) is 5.92 Å². The van der Waals surface area contributed by atoms with Gasteiger partial charge in [-0.2, -0.15) is 0 Å². The normalized spacial score (nSPS) is 25.4. The molecule has 0 unspecified atom stereocenters. The van der Waals surface area contributed by atoms with E-state index in [1.807, 2.05) is 12.1 Å². The number of rotatable bonds is 3. The van der Waals surface area contributed by atoms with Gasteiger partial charge in [0.2, 0.25) is 0 Å². The van der Waals surface area contributed by atoms with Crippen LogP contribution in [-0.2, 0) is 5.88 Å². The second kappa shape index (κ2) is 5.53. The Bertz CT molecular complexity index is 317. The Morgan fingerprint density at radius 1 is 1.31 bits per heavy atom. The molecule has 0 atom stereocenters. The van der Waals surface area contributed by atoms with E-state index in [0.29, 0.717) is 12.0 Å². The molecule has 0 aliphatic heterocycles. The van der Waals surface area contributed by atoms with Gasteiger partial charge in [-0.05, 0) is 43.7 Å². The summed E-state index contributed by atoms with van der Waals surface area (Å²) in [5, 5.41) is 0. The first kappa shape index (κ1) is 11.7. The maximum atomic E-state index is 5.90. The fraction of sp³-hybridized carbons (Fsp3) is 0.615. The van der Waals surface area contributed by atoms with Gasteiger partial charge in [-0.15, -0.1) is 11.6 Å². The first-order chi connectivity index (χ1) is 7.78. The maximum Gasteiger partial charge on any atom is 0.138 e. The molecule has 16 heavy (non-hydrogen) atoms. The third-order valence-electron chi connectivity index (χ3n) is 3.20. The SMILES string of the molecule is CC1CCC(Oc2ccc(CCl)nc2)CC1. The fourth-order valence-electron chi connectivity index (χ4n) is 2.10. The lowest BCUT2D eigenvalue weighted by Crippen LogP contribution is -2.23. The highest BCUT2D eigenvalue weighted by molar-refractivity contribution is 6.16. The molecule has 1 fully saturated rings. The summed E-state index contributed by atoms with van der Waals surface area (Å²) in [6.45, 7) is 2.31. The highest BCUT2D eigenvalue weighted by atomic mass is 35.5. The molecule has 0 saturated heterocycles. The average molecular weight is 240 g/mol. The molecule has 0 radical (unpaired) electrons. The van der Waals surface area contributed by atoms with Crippen LogP contribution in [0.3, 0.4) is 0 Å². The minimum Gasteiger partial charge on any atom is -0.489 e. The van der Waals surface area contributed by atoms with Crippen LogP contribution in [0.25, 0.3) is 0 Å². The van der Waals surface area contributed by atoms with E-state index in [2.05, 4.69) is 11.9 Å². The number of halogens is 1. The van der Waals surface area contributed by atoms with E-state index in [-0.39, 0.29) is 0 Å². The molecule has 1 saturated carbocycles. The van der Waals surface area contributed by atoms with Gasteiger partial charge in [0.25, 0.3) is 0 Å². The van der Waals surface area contributed by atoms with Gasteiger partial charge in [-0.3, -0.25) is 4.98 Å². The van der Waals surface area contributed by atoms with Gasteiger partial charge in [-0.25, -0.2) is 0 Å². The first-order valence-electron chi connectivity index (χ1n) is 5.95. The highest BCUT2D eigenvalue weighted by Crippen LogP contribution is 2.26. The van der Waals surface area contributed by atoms with Crippen molar-refractivity contribution in [2.45, 2.75) is 44.6 Å². The molecule has 1 aromatic rings. The number of hydrogen-bond donors (Lipinski definition) is 0. The van der Waals surface area contributed by atoms with Crippen molar-refractivity contribution in [3.8, 4) is 5.75 Å². The van der Waals surface area contributed by atoms with Crippen LogP contribution in [0.5, 0.6) is 5.75 Å². The summed E-state index contributed by atoms with van der Waals surface area (Å²) in [4.78, 5) is 4.22. The van der Waals surface area contributed by atoms with Crippen LogP contribution in [-0.4, -0.2) is 11.1 Å². The van der Waals surface area contributed by atoms with Crippen LogP contribution >= 0.6 is 11.6 Å². The van der Waals surface area contributed by atoms with E-state index in [1.165, 1.54) is 25.7 Å². The molecular weight excluding hydrogens is 222 g/mol. The van der Waals surface area contributed by atoms with Gasteiger partial charge in [-0.1, -0.05) is 6.92 Å². The predicted molar refractivity (Wildman–Crippen MR) is 65.8 cm³/mol. The fourth-order valence-corrected chi connectivity index (χ4v) is 2.26. The average Bonchev–Trinajstić information content (AvgIpc) is 2.33. The lowest BCUT2D eigenvalue weighted by atomic mass is 9.89. The van der Waals surface area contributed by atoms with Crippen LogP contribution < -0.4 is 4.74 Å². The smallest absolute Gasteiger partial charge is 0.138 e. The van der Waals surface area contributed by atoms with Crippen molar-refractivity contribution >= 4 is 11.6 Å². The monoisotopic (exact) mass is 239 g/mol. The highest BCUT2D eigenvalue weighted by Gasteiger charge is 2.19. The standard InChI is InChI=1S/C13H18ClNO/c1-10-2-5-12(6-3-10)16-13-7-4-11(8-14)15-9-13/h4,7,9-10,12H,2-3,5-6,8H2,1H3. The molecule has 1 aliphatic rings. The van der Waals surface area contributed by atoms with Gasteiger partial charge < -0.3 is 4.74 Å². The zero-order chi connectivity index (χ0) is 11.4. The summed E-state index contributed by atoms with van der Waals surface area (Å²) in [5.41, 5.74) is 0.895. The van der Waals surface area contributed by atoms with Crippen molar-refractivity contribution in [2.75, 3.05) is 0 Å². The Balaban J connectivity index is 1.88. The van der Waals surface area contributed by atoms with Gasteiger partial charge in [0, 0.05) is 0 Å². The van der Waals surface area contributed by atoms with Crippen LogP contribution in [0.15, 0.2) is 18.3 Å². The van der Waals surface area contributed by atoms with Gasteiger partial charge in [0.05, 0.1) is 23.9 Å². The topological polar surface area (TPSA) is 22.1 Å². The number of hydrogen-bond acceptors (Lipinski definition) is 2. The largest absolute Gasteiger partial charge is 0.489 e. The molecule has 0 amide bonds. The summed E-state index contributed by atoms with van der Waals surface area (Å²) in [5.74, 6) is 2.19. The van der Waals surface area contributed by atoms with Crippen LogP contribution in [0.4, 0.5) is 0 Å². The second-order valence-electron chi connectivity index (χ2n) is 4.62.